The van der Waals surface area contributed by atoms with Crippen molar-refractivity contribution in [1.29, 1.82) is 0 Å². The second kappa shape index (κ2) is 6.33. The second-order valence-electron chi connectivity index (χ2n) is 4.46. The molecule has 0 atom stereocenters. The molecule has 1 amide bonds. The summed E-state index contributed by atoms with van der Waals surface area (Å²) >= 11 is 1.12. The molecule has 2 rings (SSSR count). The van der Waals surface area contributed by atoms with Crippen molar-refractivity contribution in [2.24, 2.45) is 0 Å². The van der Waals surface area contributed by atoms with Crippen LogP contribution in [0.5, 0.6) is 0 Å². The van der Waals surface area contributed by atoms with E-state index in [1.165, 1.54) is 13.1 Å². The molecule has 0 saturated heterocycles. The zero-order chi connectivity index (χ0) is 15.5. The first-order chi connectivity index (χ1) is 9.89. The van der Waals surface area contributed by atoms with Crippen molar-refractivity contribution in [3.05, 3.63) is 41.4 Å². The Hall–Kier alpha value is -1.77. The van der Waals surface area contributed by atoms with Crippen LogP contribution in [0, 0.1) is 6.92 Å². The minimum absolute atomic E-state index is 0.214. The van der Waals surface area contributed by atoms with Gasteiger partial charge in [-0.15, -0.1) is 11.3 Å². The average Bonchev–Trinajstić information content (AvgIpc) is 2.92. The number of aryl methyl sites for hydroxylation is 1. The van der Waals surface area contributed by atoms with Crippen LogP contribution in [-0.2, 0) is 14.8 Å². The van der Waals surface area contributed by atoms with E-state index in [0.29, 0.717) is 5.82 Å². The molecule has 0 saturated carbocycles. The van der Waals surface area contributed by atoms with Crippen molar-refractivity contribution in [3.63, 3.8) is 0 Å². The highest BCUT2D eigenvalue weighted by molar-refractivity contribution is 7.91. The Balaban J connectivity index is 2.03. The summed E-state index contributed by atoms with van der Waals surface area (Å²) < 4.78 is 25.6. The summed E-state index contributed by atoms with van der Waals surface area (Å²) in [5.74, 6) is -0.0300. The second-order valence-corrected chi connectivity index (χ2v) is 7.68. The van der Waals surface area contributed by atoms with Crippen molar-refractivity contribution in [2.75, 3.05) is 18.9 Å². The Morgan fingerprint density at radius 3 is 2.81 bits per heavy atom. The fourth-order valence-corrected chi connectivity index (χ4v) is 3.97. The summed E-state index contributed by atoms with van der Waals surface area (Å²) in [5, 5.41) is 4.26. The zero-order valence-electron chi connectivity index (χ0n) is 11.6. The highest BCUT2D eigenvalue weighted by Crippen LogP contribution is 2.19. The molecule has 6 nitrogen and oxygen atoms in total. The lowest BCUT2D eigenvalue weighted by molar-refractivity contribution is -0.116. The molecule has 0 radical (unpaired) electrons. The molecule has 8 heteroatoms. The van der Waals surface area contributed by atoms with Gasteiger partial charge in [0.05, 0.1) is 6.54 Å². The fraction of sp³-hybridized carbons (Fsp3) is 0.231. The van der Waals surface area contributed by atoms with Gasteiger partial charge in [-0.05, 0) is 36.1 Å². The fourth-order valence-electron chi connectivity index (χ4n) is 1.64. The van der Waals surface area contributed by atoms with E-state index in [9.17, 15) is 13.2 Å². The molecule has 1 N–H and O–H groups in total. The maximum absolute atomic E-state index is 12.2. The number of hydrogen-bond acceptors (Lipinski definition) is 5. The Morgan fingerprint density at radius 2 is 2.19 bits per heavy atom. The highest BCUT2D eigenvalue weighted by atomic mass is 32.2. The van der Waals surface area contributed by atoms with Crippen LogP contribution in [0.4, 0.5) is 5.82 Å². The van der Waals surface area contributed by atoms with Crippen LogP contribution in [0.25, 0.3) is 0 Å². The van der Waals surface area contributed by atoms with E-state index in [-0.39, 0.29) is 10.8 Å². The average molecular weight is 325 g/mol. The predicted octanol–water partition coefficient (Wildman–Crippen LogP) is 1.71. The molecule has 0 aliphatic rings. The van der Waals surface area contributed by atoms with E-state index in [1.807, 2.05) is 13.0 Å². The molecule has 112 valence electrons. The Morgan fingerprint density at radius 1 is 1.43 bits per heavy atom. The van der Waals surface area contributed by atoms with Gasteiger partial charge in [0.2, 0.25) is 5.91 Å². The lowest BCUT2D eigenvalue weighted by atomic mass is 10.3. The molecule has 0 fully saturated rings. The molecule has 2 heterocycles. The normalized spacial score (nSPS) is 11.6. The van der Waals surface area contributed by atoms with E-state index in [1.54, 1.807) is 23.7 Å². The van der Waals surface area contributed by atoms with Crippen LogP contribution < -0.4 is 5.32 Å². The van der Waals surface area contributed by atoms with Crippen LogP contribution in [-0.4, -0.2) is 37.2 Å². The van der Waals surface area contributed by atoms with E-state index >= 15 is 0 Å². The van der Waals surface area contributed by atoms with Gasteiger partial charge in [-0.3, -0.25) is 4.79 Å². The summed E-state index contributed by atoms with van der Waals surface area (Å²) in [6.07, 6.45) is 1.58. The molecule has 2 aromatic heterocycles. The van der Waals surface area contributed by atoms with E-state index in [0.717, 1.165) is 21.2 Å². The molecule has 2 aromatic rings. The van der Waals surface area contributed by atoms with Crippen LogP contribution in [0.1, 0.15) is 5.56 Å². The van der Waals surface area contributed by atoms with Gasteiger partial charge >= 0.3 is 0 Å². The van der Waals surface area contributed by atoms with Gasteiger partial charge in [0.25, 0.3) is 10.0 Å². The minimum atomic E-state index is -3.62. The first-order valence-electron chi connectivity index (χ1n) is 6.12. The Kier molecular flexibility index (Phi) is 4.71. The van der Waals surface area contributed by atoms with Gasteiger partial charge in [0, 0.05) is 13.2 Å². The summed E-state index contributed by atoms with van der Waals surface area (Å²) in [6, 6.07) is 6.69. The molecule has 0 bridgehead atoms. The molecule has 0 aliphatic heterocycles. The summed E-state index contributed by atoms with van der Waals surface area (Å²) in [5.41, 5.74) is 0.958. The Labute approximate surface area is 127 Å². The van der Waals surface area contributed by atoms with Gasteiger partial charge in [0.15, 0.2) is 0 Å². The van der Waals surface area contributed by atoms with Crippen LogP contribution in [0.15, 0.2) is 40.1 Å². The van der Waals surface area contributed by atoms with E-state index in [2.05, 4.69) is 10.3 Å². The van der Waals surface area contributed by atoms with Gasteiger partial charge in [-0.2, -0.15) is 4.31 Å². The third-order valence-electron chi connectivity index (χ3n) is 2.71. The van der Waals surface area contributed by atoms with Gasteiger partial charge in [-0.25, -0.2) is 13.4 Å². The largest absolute Gasteiger partial charge is 0.310 e. The van der Waals surface area contributed by atoms with Crippen LogP contribution >= 0.6 is 11.3 Å². The van der Waals surface area contributed by atoms with E-state index in [4.69, 9.17) is 0 Å². The molecular formula is C13H15N3O3S2. The third kappa shape index (κ3) is 3.87. The van der Waals surface area contributed by atoms with Crippen LogP contribution in [0.2, 0.25) is 0 Å². The van der Waals surface area contributed by atoms with Crippen molar-refractivity contribution in [1.82, 2.24) is 9.29 Å². The summed E-state index contributed by atoms with van der Waals surface area (Å²) in [7, 11) is -2.25. The zero-order valence-corrected chi connectivity index (χ0v) is 13.2. The summed E-state index contributed by atoms with van der Waals surface area (Å²) in [4.78, 5) is 15.9. The molecule has 21 heavy (non-hydrogen) atoms. The number of pyridine rings is 1. The van der Waals surface area contributed by atoms with Crippen molar-refractivity contribution in [3.8, 4) is 0 Å². The number of rotatable bonds is 5. The minimum Gasteiger partial charge on any atom is -0.310 e. The number of aromatic nitrogens is 1. The number of hydrogen-bond donors (Lipinski definition) is 1. The number of likely N-dealkylation sites (N-methyl/N-ethyl adjacent to an activating group) is 1. The first kappa shape index (κ1) is 15.6. The maximum Gasteiger partial charge on any atom is 0.252 e. The lowest BCUT2D eigenvalue weighted by Gasteiger charge is -2.15. The van der Waals surface area contributed by atoms with Crippen molar-refractivity contribution >= 4 is 33.1 Å². The smallest absolute Gasteiger partial charge is 0.252 e. The molecule has 0 spiro atoms. The molecular weight excluding hydrogens is 310 g/mol. The quantitative estimate of drug-likeness (QED) is 0.907. The van der Waals surface area contributed by atoms with Crippen molar-refractivity contribution < 1.29 is 13.2 Å². The number of nitrogens with one attached hydrogen (secondary N) is 1. The Bertz CT molecular complexity index is 727. The third-order valence-corrected chi connectivity index (χ3v) is 5.89. The number of amides is 1. The van der Waals surface area contributed by atoms with E-state index < -0.39 is 15.9 Å². The molecule has 0 aliphatic carbocycles. The van der Waals surface area contributed by atoms with Gasteiger partial charge in [0.1, 0.15) is 10.0 Å². The number of anilines is 1. The van der Waals surface area contributed by atoms with Gasteiger partial charge < -0.3 is 5.32 Å². The SMILES string of the molecule is Cc1ccnc(NC(=O)CN(C)S(=O)(=O)c2cccs2)c1. The number of carbonyl (C=O) groups is 1. The maximum atomic E-state index is 12.2. The number of nitrogens with zero attached hydrogens (tertiary/aromatic N) is 2. The van der Waals surface area contributed by atoms with Crippen molar-refractivity contribution in [2.45, 2.75) is 11.1 Å². The predicted molar refractivity (Wildman–Crippen MR) is 81.7 cm³/mol. The van der Waals surface area contributed by atoms with Crippen LogP contribution in [0.3, 0.4) is 0 Å². The standard InChI is InChI=1S/C13H15N3O3S2/c1-10-5-6-14-11(8-10)15-12(17)9-16(2)21(18,19)13-4-3-7-20-13/h3-8H,9H2,1-2H3,(H,14,15,17). The highest BCUT2D eigenvalue weighted by Gasteiger charge is 2.23. The van der Waals surface area contributed by atoms with Gasteiger partial charge in [-0.1, -0.05) is 6.07 Å². The monoisotopic (exact) mass is 325 g/mol. The summed E-state index contributed by atoms with van der Waals surface area (Å²) in [6.45, 7) is 1.61. The lowest BCUT2D eigenvalue weighted by Crippen LogP contribution is -2.34. The first-order valence-corrected chi connectivity index (χ1v) is 8.44. The molecule has 0 aromatic carbocycles. The number of thiophene rings is 1. The topological polar surface area (TPSA) is 79.4 Å². The number of sulfonamides is 1. The molecule has 0 unspecified atom stereocenters. The number of carbonyl (C=O) groups excluding carboxylic acids is 1.